The van der Waals surface area contributed by atoms with Crippen LogP contribution in [-0.2, 0) is 14.2 Å². The normalized spacial score (nSPS) is 13.1. The monoisotopic (exact) mass is 324 g/mol. The van der Waals surface area contributed by atoms with Gasteiger partial charge in [0.15, 0.2) is 0 Å². The van der Waals surface area contributed by atoms with Gasteiger partial charge in [0.25, 0.3) is 0 Å². The highest BCUT2D eigenvalue weighted by atomic mass is 16.6. The Morgan fingerprint density at radius 3 is 1.87 bits per heavy atom. The minimum Gasteiger partial charge on any atom is -0.491 e. The molecule has 0 aliphatic heterocycles. The van der Waals surface area contributed by atoms with Crippen LogP contribution in [0.2, 0.25) is 0 Å². The summed E-state index contributed by atoms with van der Waals surface area (Å²) in [5.41, 5.74) is 1.61. The van der Waals surface area contributed by atoms with Gasteiger partial charge >= 0.3 is 0 Å². The summed E-state index contributed by atoms with van der Waals surface area (Å²) in [6.07, 6.45) is 0. The highest BCUT2D eigenvalue weighted by molar-refractivity contribution is 5.30. The average Bonchev–Trinajstić information content (AvgIpc) is 2.52. The molecule has 0 spiro atoms. The fraction of sp³-hybridized carbons (Fsp3) is 0.684. The molecule has 1 atom stereocenters. The van der Waals surface area contributed by atoms with Crippen LogP contribution in [0.1, 0.15) is 39.2 Å². The van der Waals surface area contributed by atoms with Crippen molar-refractivity contribution < 1.29 is 18.9 Å². The van der Waals surface area contributed by atoms with Crippen LogP contribution in [-0.4, -0.2) is 46.8 Å². The molecule has 0 radical (unpaired) electrons. The number of benzene rings is 1. The lowest BCUT2D eigenvalue weighted by atomic mass is 9.78. The molecule has 4 heteroatoms. The lowest BCUT2D eigenvalue weighted by Crippen LogP contribution is -2.15. The van der Waals surface area contributed by atoms with Gasteiger partial charge in [-0.2, -0.15) is 0 Å². The maximum Gasteiger partial charge on any atom is 0.119 e. The molecule has 0 amide bonds. The summed E-state index contributed by atoms with van der Waals surface area (Å²) < 4.78 is 21.3. The van der Waals surface area contributed by atoms with Crippen molar-refractivity contribution in [1.82, 2.24) is 0 Å². The van der Waals surface area contributed by atoms with E-state index in [4.69, 9.17) is 18.9 Å². The number of hydrogen-bond acceptors (Lipinski definition) is 4. The lowest BCUT2D eigenvalue weighted by molar-refractivity contribution is 0.0180. The third-order valence-corrected chi connectivity index (χ3v) is 3.98. The van der Waals surface area contributed by atoms with E-state index in [0.29, 0.717) is 45.6 Å². The second kappa shape index (κ2) is 10.6. The van der Waals surface area contributed by atoms with Crippen molar-refractivity contribution in [3.63, 3.8) is 0 Å². The van der Waals surface area contributed by atoms with Gasteiger partial charge in [0, 0.05) is 7.11 Å². The van der Waals surface area contributed by atoms with Gasteiger partial charge in [-0.25, -0.2) is 0 Å². The third-order valence-electron chi connectivity index (χ3n) is 3.98. The molecule has 0 N–H and O–H groups in total. The van der Waals surface area contributed by atoms with Gasteiger partial charge in [-0.15, -0.1) is 0 Å². The van der Waals surface area contributed by atoms with Crippen molar-refractivity contribution in [2.45, 2.75) is 33.6 Å². The zero-order valence-electron chi connectivity index (χ0n) is 15.3. The van der Waals surface area contributed by atoms with Crippen LogP contribution in [0.15, 0.2) is 24.3 Å². The molecule has 0 bridgehead atoms. The summed E-state index contributed by atoms with van der Waals surface area (Å²) in [6.45, 7) is 12.5. The Labute approximate surface area is 141 Å². The molecule has 1 unspecified atom stereocenters. The zero-order valence-corrected chi connectivity index (χ0v) is 15.3. The van der Waals surface area contributed by atoms with Crippen LogP contribution in [0, 0.1) is 5.41 Å². The third kappa shape index (κ3) is 8.35. The van der Waals surface area contributed by atoms with E-state index in [2.05, 4.69) is 39.8 Å². The fourth-order valence-electron chi connectivity index (χ4n) is 2.04. The summed E-state index contributed by atoms with van der Waals surface area (Å²) >= 11 is 0. The molecular weight excluding hydrogens is 292 g/mol. The van der Waals surface area contributed by atoms with Crippen molar-refractivity contribution >= 4 is 0 Å². The van der Waals surface area contributed by atoms with Gasteiger partial charge in [-0.3, -0.25) is 0 Å². The van der Waals surface area contributed by atoms with Crippen molar-refractivity contribution in [3.8, 4) is 5.75 Å². The quantitative estimate of drug-likeness (QED) is 0.579. The van der Waals surface area contributed by atoms with E-state index in [9.17, 15) is 0 Å². The van der Waals surface area contributed by atoms with Crippen LogP contribution >= 0.6 is 0 Å². The number of rotatable bonds is 11. The highest BCUT2D eigenvalue weighted by Crippen LogP contribution is 2.34. The first-order chi connectivity index (χ1) is 10.9. The molecule has 0 saturated carbocycles. The molecule has 0 fully saturated rings. The molecule has 0 aliphatic rings. The predicted molar refractivity (Wildman–Crippen MR) is 93.3 cm³/mol. The Hall–Kier alpha value is -1.10. The van der Waals surface area contributed by atoms with E-state index in [0.717, 1.165) is 5.75 Å². The van der Waals surface area contributed by atoms with Crippen LogP contribution in [0.4, 0.5) is 0 Å². The first kappa shape index (κ1) is 19.9. The molecule has 23 heavy (non-hydrogen) atoms. The second-order valence-electron chi connectivity index (χ2n) is 6.72. The Morgan fingerprint density at radius 1 is 0.826 bits per heavy atom. The SMILES string of the molecule is COCCOCCOCCOc1ccc(C(C)C(C)(C)C)cc1. The lowest BCUT2D eigenvalue weighted by Gasteiger charge is -2.27. The Balaban J connectivity index is 2.16. The molecule has 132 valence electrons. The van der Waals surface area contributed by atoms with Crippen molar-refractivity contribution in [1.29, 1.82) is 0 Å². The second-order valence-corrected chi connectivity index (χ2v) is 6.72. The summed E-state index contributed by atoms with van der Waals surface area (Å²) in [4.78, 5) is 0. The molecule has 4 nitrogen and oxygen atoms in total. The van der Waals surface area contributed by atoms with Crippen molar-refractivity contribution in [2.75, 3.05) is 46.8 Å². The van der Waals surface area contributed by atoms with Gasteiger partial charge in [0.05, 0.1) is 33.0 Å². The van der Waals surface area contributed by atoms with E-state index < -0.39 is 0 Å². The summed E-state index contributed by atoms with van der Waals surface area (Å²) in [7, 11) is 1.66. The smallest absolute Gasteiger partial charge is 0.119 e. The summed E-state index contributed by atoms with van der Waals surface area (Å²) in [5.74, 6) is 1.40. The number of methoxy groups -OCH3 is 1. The van der Waals surface area contributed by atoms with E-state index in [1.165, 1.54) is 5.56 Å². The minimum atomic E-state index is 0.265. The van der Waals surface area contributed by atoms with Gasteiger partial charge in [-0.05, 0) is 29.0 Å². The average molecular weight is 324 g/mol. The summed E-state index contributed by atoms with van der Waals surface area (Å²) in [5, 5.41) is 0. The van der Waals surface area contributed by atoms with E-state index in [1.807, 2.05) is 12.1 Å². The molecule has 0 aromatic heterocycles. The van der Waals surface area contributed by atoms with Gasteiger partial charge < -0.3 is 18.9 Å². The molecule has 0 aliphatic carbocycles. The van der Waals surface area contributed by atoms with E-state index in [-0.39, 0.29) is 5.41 Å². The van der Waals surface area contributed by atoms with Crippen molar-refractivity contribution in [2.24, 2.45) is 5.41 Å². The largest absolute Gasteiger partial charge is 0.491 e. The predicted octanol–water partition coefficient (Wildman–Crippen LogP) is 3.89. The molecular formula is C19H32O4. The fourth-order valence-corrected chi connectivity index (χ4v) is 2.04. The molecule has 0 heterocycles. The van der Waals surface area contributed by atoms with Crippen LogP contribution in [0.5, 0.6) is 5.75 Å². The standard InChI is InChI=1S/C19H32O4/c1-16(19(2,3)4)17-6-8-18(9-7-17)23-15-14-22-13-12-21-11-10-20-5/h6-9,16H,10-15H2,1-5H3. The van der Waals surface area contributed by atoms with Gasteiger partial charge in [-0.1, -0.05) is 39.8 Å². The Bertz CT molecular complexity index is 408. The first-order valence-corrected chi connectivity index (χ1v) is 8.32. The van der Waals surface area contributed by atoms with E-state index >= 15 is 0 Å². The number of ether oxygens (including phenoxy) is 4. The van der Waals surface area contributed by atoms with Gasteiger partial charge in [0.1, 0.15) is 12.4 Å². The minimum absolute atomic E-state index is 0.265. The topological polar surface area (TPSA) is 36.9 Å². The molecule has 0 saturated heterocycles. The van der Waals surface area contributed by atoms with Crippen LogP contribution < -0.4 is 4.74 Å². The van der Waals surface area contributed by atoms with E-state index in [1.54, 1.807) is 7.11 Å². The maximum absolute atomic E-state index is 5.69. The Morgan fingerprint density at radius 2 is 1.35 bits per heavy atom. The van der Waals surface area contributed by atoms with Crippen LogP contribution in [0.3, 0.4) is 0 Å². The maximum atomic E-state index is 5.69. The number of hydrogen-bond donors (Lipinski definition) is 0. The van der Waals surface area contributed by atoms with Gasteiger partial charge in [0.2, 0.25) is 0 Å². The highest BCUT2D eigenvalue weighted by Gasteiger charge is 2.21. The summed E-state index contributed by atoms with van der Waals surface area (Å²) in [6, 6.07) is 8.36. The molecule has 1 aromatic carbocycles. The Kier molecular flexibility index (Phi) is 9.22. The molecule has 1 rings (SSSR count). The molecule has 1 aromatic rings. The zero-order chi connectivity index (χ0) is 17.1. The van der Waals surface area contributed by atoms with Crippen LogP contribution in [0.25, 0.3) is 0 Å². The first-order valence-electron chi connectivity index (χ1n) is 8.32. The van der Waals surface area contributed by atoms with Crippen molar-refractivity contribution in [3.05, 3.63) is 29.8 Å².